The van der Waals surface area contributed by atoms with Crippen LogP contribution in [-0.2, 0) is 11.2 Å². The molecule has 0 bridgehead atoms. The van der Waals surface area contributed by atoms with Gasteiger partial charge >= 0.3 is 0 Å². The number of carbonyl (C=O) groups excluding carboxylic acids is 2. The molecule has 0 spiro atoms. The Morgan fingerprint density at radius 2 is 1.66 bits per heavy atom. The number of hydrogen-bond donors (Lipinski definition) is 4. The Labute approximate surface area is 222 Å². The second-order valence-electron chi connectivity index (χ2n) is 8.90. The first-order valence-electron chi connectivity index (χ1n) is 12.6. The number of amides is 1. The fourth-order valence-corrected chi connectivity index (χ4v) is 4.05. The van der Waals surface area contributed by atoms with Crippen LogP contribution in [0.1, 0.15) is 23.0 Å². The van der Waals surface area contributed by atoms with Crippen LogP contribution in [0.5, 0.6) is 5.75 Å². The van der Waals surface area contributed by atoms with Crippen LogP contribution in [0.3, 0.4) is 0 Å². The van der Waals surface area contributed by atoms with Gasteiger partial charge in [0, 0.05) is 61.0 Å². The number of carbonyl (C=O) groups is 2. The van der Waals surface area contributed by atoms with Crippen molar-refractivity contribution < 1.29 is 14.3 Å². The molecule has 0 unspecified atom stereocenters. The summed E-state index contributed by atoms with van der Waals surface area (Å²) in [6.45, 7) is 4.06. The number of ether oxygens (including phenoxy) is 1. The van der Waals surface area contributed by atoms with Crippen molar-refractivity contribution in [3.63, 3.8) is 0 Å². The van der Waals surface area contributed by atoms with Crippen LogP contribution in [-0.4, -0.2) is 50.0 Å². The first-order chi connectivity index (χ1) is 18.5. The average Bonchev–Trinajstić information content (AvgIpc) is 2.94. The molecule has 1 amide bonds. The minimum absolute atomic E-state index is 0.0377. The monoisotopic (exact) mass is 511 g/mol. The molecule has 38 heavy (non-hydrogen) atoms. The van der Waals surface area contributed by atoms with Gasteiger partial charge in [0.05, 0.1) is 19.3 Å². The Hall–Kier alpha value is -4.43. The van der Waals surface area contributed by atoms with Crippen molar-refractivity contribution >= 4 is 39.5 Å². The predicted molar refractivity (Wildman–Crippen MR) is 153 cm³/mol. The second kappa shape index (κ2) is 13.2. The molecule has 0 saturated carbocycles. The lowest BCUT2D eigenvalue weighted by atomic mass is 10.0. The molecule has 1 aromatic heterocycles. The van der Waals surface area contributed by atoms with Gasteiger partial charge in [0.1, 0.15) is 5.75 Å². The van der Waals surface area contributed by atoms with Crippen LogP contribution in [0, 0.1) is 0 Å². The number of rotatable bonds is 13. The van der Waals surface area contributed by atoms with E-state index in [2.05, 4.69) is 26.3 Å². The van der Waals surface area contributed by atoms with Crippen LogP contribution >= 0.6 is 0 Å². The number of benzene rings is 3. The molecule has 4 N–H and O–H groups in total. The quantitative estimate of drug-likeness (QED) is 0.152. The highest BCUT2D eigenvalue weighted by Crippen LogP contribution is 2.28. The number of Topliss-reactive ketones (excluding diaryl/α,β-unsaturated/α-hetero) is 1. The van der Waals surface area contributed by atoms with E-state index in [4.69, 9.17) is 4.74 Å². The summed E-state index contributed by atoms with van der Waals surface area (Å²) in [7, 11) is 1.61. The van der Waals surface area contributed by atoms with Gasteiger partial charge in [0.25, 0.3) is 0 Å². The molecular formula is C30H33N5O3. The number of nitrogens with zero attached hydrogens (tertiary/aromatic N) is 1. The standard InChI is InChI=1S/C30H33N5O3/c1-21(36)22-6-7-24-18-26(9-8-23(24)17-22)34-20-30(37)35-27-10-11-28(29(19-27)38-2)33-16-15-31-14-12-25-5-3-4-13-32-25/h3-11,13,17-19,31,33-34H,12,14-16,20H2,1-2H3,(H,35,37). The van der Waals surface area contributed by atoms with Gasteiger partial charge in [-0.15, -0.1) is 0 Å². The minimum atomic E-state index is -0.170. The molecule has 8 nitrogen and oxygen atoms in total. The molecule has 0 aliphatic heterocycles. The van der Waals surface area contributed by atoms with E-state index in [-0.39, 0.29) is 18.2 Å². The number of methoxy groups -OCH3 is 1. The van der Waals surface area contributed by atoms with Crippen molar-refractivity contribution in [2.75, 3.05) is 49.2 Å². The normalized spacial score (nSPS) is 10.7. The number of pyridine rings is 1. The van der Waals surface area contributed by atoms with Gasteiger partial charge in [-0.2, -0.15) is 0 Å². The lowest BCUT2D eigenvalue weighted by Gasteiger charge is -2.14. The van der Waals surface area contributed by atoms with Crippen molar-refractivity contribution in [2.24, 2.45) is 0 Å². The zero-order valence-electron chi connectivity index (χ0n) is 21.7. The maximum absolute atomic E-state index is 12.5. The number of fused-ring (bicyclic) bond motifs is 1. The van der Waals surface area contributed by atoms with Crippen LogP contribution in [0.4, 0.5) is 17.1 Å². The Morgan fingerprint density at radius 3 is 2.45 bits per heavy atom. The third-order valence-electron chi connectivity index (χ3n) is 6.09. The number of nitrogens with one attached hydrogen (secondary N) is 4. The number of ketones is 1. The van der Waals surface area contributed by atoms with E-state index in [0.717, 1.165) is 53.9 Å². The molecule has 1 heterocycles. The van der Waals surface area contributed by atoms with Crippen LogP contribution in [0.15, 0.2) is 79.0 Å². The highest BCUT2D eigenvalue weighted by Gasteiger charge is 2.08. The van der Waals surface area contributed by atoms with Crippen molar-refractivity contribution in [1.29, 1.82) is 0 Å². The van der Waals surface area contributed by atoms with Gasteiger partial charge in [-0.1, -0.05) is 24.3 Å². The topological polar surface area (TPSA) is 104 Å². The summed E-state index contributed by atoms with van der Waals surface area (Å²) in [6, 6.07) is 22.9. The van der Waals surface area contributed by atoms with Crippen molar-refractivity contribution in [3.8, 4) is 5.75 Å². The minimum Gasteiger partial charge on any atom is -0.495 e. The van der Waals surface area contributed by atoms with E-state index in [0.29, 0.717) is 17.0 Å². The first kappa shape index (κ1) is 26.6. The summed E-state index contributed by atoms with van der Waals surface area (Å²) in [6.07, 6.45) is 2.69. The lowest BCUT2D eigenvalue weighted by Crippen LogP contribution is -2.24. The summed E-state index contributed by atoms with van der Waals surface area (Å²) in [5.74, 6) is 0.524. The molecule has 0 atom stereocenters. The molecule has 196 valence electrons. The van der Waals surface area contributed by atoms with E-state index in [1.165, 1.54) is 0 Å². The van der Waals surface area contributed by atoms with Gasteiger partial charge in [-0.3, -0.25) is 14.6 Å². The Balaban J connectivity index is 1.23. The third kappa shape index (κ3) is 7.54. The molecule has 3 aromatic carbocycles. The van der Waals surface area contributed by atoms with Gasteiger partial charge in [0.15, 0.2) is 5.78 Å². The van der Waals surface area contributed by atoms with Gasteiger partial charge in [-0.05, 0) is 60.2 Å². The largest absolute Gasteiger partial charge is 0.495 e. The summed E-state index contributed by atoms with van der Waals surface area (Å²) in [5.41, 5.74) is 4.10. The SMILES string of the molecule is COc1cc(NC(=O)CNc2ccc3cc(C(C)=O)ccc3c2)ccc1NCCNCCc1ccccn1. The first-order valence-corrected chi connectivity index (χ1v) is 12.6. The van der Waals surface area contributed by atoms with Gasteiger partial charge < -0.3 is 26.0 Å². The summed E-state index contributed by atoms with van der Waals surface area (Å²) >= 11 is 0. The average molecular weight is 512 g/mol. The van der Waals surface area contributed by atoms with E-state index >= 15 is 0 Å². The maximum atomic E-state index is 12.5. The fourth-order valence-electron chi connectivity index (χ4n) is 4.05. The van der Waals surface area contributed by atoms with E-state index < -0.39 is 0 Å². The second-order valence-corrected chi connectivity index (χ2v) is 8.90. The van der Waals surface area contributed by atoms with Crippen molar-refractivity contribution in [2.45, 2.75) is 13.3 Å². The van der Waals surface area contributed by atoms with E-state index in [1.807, 2.05) is 72.9 Å². The summed E-state index contributed by atoms with van der Waals surface area (Å²) < 4.78 is 5.52. The predicted octanol–water partition coefficient (Wildman–Crippen LogP) is 4.74. The number of aromatic nitrogens is 1. The van der Waals surface area contributed by atoms with E-state index in [1.54, 1.807) is 20.1 Å². The molecule has 0 fully saturated rings. The lowest BCUT2D eigenvalue weighted by molar-refractivity contribution is -0.114. The molecule has 0 saturated heterocycles. The van der Waals surface area contributed by atoms with Crippen LogP contribution in [0.2, 0.25) is 0 Å². The summed E-state index contributed by atoms with van der Waals surface area (Å²) in [5, 5.41) is 14.8. The number of anilines is 3. The molecule has 8 heteroatoms. The van der Waals surface area contributed by atoms with Crippen molar-refractivity contribution in [3.05, 3.63) is 90.3 Å². The smallest absolute Gasteiger partial charge is 0.243 e. The molecule has 4 aromatic rings. The van der Waals surface area contributed by atoms with Gasteiger partial charge in [-0.25, -0.2) is 0 Å². The third-order valence-corrected chi connectivity index (χ3v) is 6.09. The zero-order valence-corrected chi connectivity index (χ0v) is 21.7. The molecule has 0 aliphatic carbocycles. The molecular weight excluding hydrogens is 478 g/mol. The Kier molecular flexibility index (Phi) is 9.26. The van der Waals surface area contributed by atoms with Crippen molar-refractivity contribution in [1.82, 2.24) is 10.3 Å². The number of hydrogen-bond acceptors (Lipinski definition) is 7. The highest BCUT2D eigenvalue weighted by atomic mass is 16.5. The Morgan fingerprint density at radius 1 is 0.842 bits per heavy atom. The molecule has 4 rings (SSSR count). The van der Waals surface area contributed by atoms with E-state index in [9.17, 15) is 9.59 Å². The molecule has 0 radical (unpaired) electrons. The van der Waals surface area contributed by atoms with Gasteiger partial charge in [0.2, 0.25) is 5.91 Å². The van der Waals surface area contributed by atoms with Crippen LogP contribution in [0.25, 0.3) is 10.8 Å². The fraction of sp³-hybridized carbons (Fsp3) is 0.233. The van der Waals surface area contributed by atoms with Crippen LogP contribution < -0.4 is 26.0 Å². The Bertz CT molecular complexity index is 1390. The molecule has 0 aliphatic rings. The maximum Gasteiger partial charge on any atom is 0.243 e. The zero-order chi connectivity index (χ0) is 26.7. The highest BCUT2D eigenvalue weighted by molar-refractivity contribution is 5.99. The summed E-state index contributed by atoms with van der Waals surface area (Å²) in [4.78, 5) is 28.5.